The van der Waals surface area contributed by atoms with Crippen LogP contribution in [0.1, 0.15) is 44.1 Å². The van der Waals surface area contributed by atoms with Gasteiger partial charge in [0.05, 0.1) is 19.9 Å². The molecule has 1 aromatic heterocycles. The molecule has 0 radical (unpaired) electrons. The summed E-state index contributed by atoms with van der Waals surface area (Å²) in [7, 11) is 3.25. The van der Waals surface area contributed by atoms with Gasteiger partial charge in [0.25, 0.3) is 5.91 Å². The number of aromatic nitrogens is 2. The number of hydrogen-bond donors (Lipinski definition) is 0. The zero-order valence-electron chi connectivity index (χ0n) is 16.4. The van der Waals surface area contributed by atoms with E-state index in [0.717, 1.165) is 42.9 Å². The van der Waals surface area contributed by atoms with Crippen molar-refractivity contribution in [3.8, 4) is 22.8 Å². The Morgan fingerprint density at radius 2 is 1.77 bits per heavy atom. The third kappa shape index (κ3) is 4.18. The lowest BCUT2D eigenvalue weighted by molar-refractivity contribution is 0.0748. The van der Waals surface area contributed by atoms with E-state index in [9.17, 15) is 4.79 Å². The Balaban J connectivity index is 2.44. The van der Waals surface area contributed by atoms with E-state index < -0.39 is 0 Å². The average Bonchev–Trinajstić information content (AvgIpc) is 3.10. The van der Waals surface area contributed by atoms with Crippen LogP contribution in [0.25, 0.3) is 11.3 Å². The third-order valence-corrected chi connectivity index (χ3v) is 4.26. The van der Waals surface area contributed by atoms with E-state index in [1.807, 2.05) is 40.8 Å². The van der Waals surface area contributed by atoms with E-state index in [4.69, 9.17) is 9.47 Å². The second-order valence-corrected chi connectivity index (χ2v) is 6.09. The molecule has 0 aliphatic heterocycles. The Morgan fingerprint density at radius 1 is 1.08 bits per heavy atom. The predicted octanol–water partition coefficient (Wildman–Crippen LogP) is 3.85. The first-order chi connectivity index (χ1) is 12.6. The lowest BCUT2D eigenvalue weighted by Crippen LogP contribution is -2.32. The molecule has 0 spiro atoms. The predicted molar refractivity (Wildman–Crippen MR) is 103 cm³/mol. The maximum Gasteiger partial charge on any atom is 0.274 e. The highest BCUT2D eigenvalue weighted by atomic mass is 16.5. The molecule has 0 saturated carbocycles. The van der Waals surface area contributed by atoms with Crippen molar-refractivity contribution in [2.45, 2.75) is 40.2 Å². The lowest BCUT2D eigenvalue weighted by Gasteiger charge is -2.20. The molecule has 26 heavy (non-hydrogen) atoms. The second kappa shape index (κ2) is 9.27. The Kier molecular flexibility index (Phi) is 7.06. The fourth-order valence-electron chi connectivity index (χ4n) is 3.01. The zero-order valence-corrected chi connectivity index (χ0v) is 16.4. The number of amides is 1. The highest BCUT2D eigenvalue weighted by molar-refractivity contribution is 5.93. The first kappa shape index (κ1) is 19.8. The standard InChI is InChI=1S/C20H29N3O3/c1-6-11-22(12-7-2)20(24)17-14-18(23(8-3)21-17)16-10-9-15(25-4)13-19(16)26-5/h9-10,13-14H,6-8,11-12H2,1-5H3. The molecule has 142 valence electrons. The molecule has 0 bridgehead atoms. The molecular formula is C20H29N3O3. The maximum atomic E-state index is 12.9. The summed E-state index contributed by atoms with van der Waals surface area (Å²) in [5.74, 6) is 1.40. The van der Waals surface area contributed by atoms with Crippen molar-refractivity contribution >= 4 is 5.91 Å². The van der Waals surface area contributed by atoms with E-state index in [1.165, 1.54) is 0 Å². The van der Waals surface area contributed by atoms with Gasteiger partial charge >= 0.3 is 0 Å². The van der Waals surface area contributed by atoms with E-state index in [-0.39, 0.29) is 5.91 Å². The molecule has 0 atom stereocenters. The Labute approximate surface area is 155 Å². The van der Waals surface area contributed by atoms with Crippen LogP contribution in [0.4, 0.5) is 0 Å². The molecule has 1 heterocycles. The monoisotopic (exact) mass is 359 g/mol. The van der Waals surface area contributed by atoms with Gasteiger partial charge in [-0.1, -0.05) is 13.8 Å². The van der Waals surface area contributed by atoms with E-state index in [1.54, 1.807) is 14.2 Å². The summed E-state index contributed by atoms with van der Waals surface area (Å²) in [4.78, 5) is 14.8. The Bertz CT molecular complexity index is 734. The normalized spacial score (nSPS) is 10.7. The highest BCUT2D eigenvalue weighted by Gasteiger charge is 2.21. The van der Waals surface area contributed by atoms with Gasteiger partial charge in [-0.05, 0) is 38.0 Å². The first-order valence-corrected chi connectivity index (χ1v) is 9.19. The van der Waals surface area contributed by atoms with Gasteiger partial charge in [0.2, 0.25) is 0 Å². The van der Waals surface area contributed by atoms with Crippen molar-refractivity contribution in [1.29, 1.82) is 0 Å². The van der Waals surface area contributed by atoms with Crippen LogP contribution in [0, 0.1) is 0 Å². The smallest absolute Gasteiger partial charge is 0.274 e. The van der Waals surface area contributed by atoms with Gasteiger partial charge in [-0.15, -0.1) is 0 Å². The topological polar surface area (TPSA) is 56.6 Å². The van der Waals surface area contributed by atoms with Crippen LogP contribution in [0.5, 0.6) is 11.5 Å². The van der Waals surface area contributed by atoms with Crippen LogP contribution >= 0.6 is 0 Å². The number of aryl methyl sites for hydroxylation is 1. The SMILES string of the molecule is CCCN(CCC)C(=O)c1cc(-c2ccc(OC)cc2OC)n(CC)n1. The van der Waals surface area contributed by atoms with Crippen molar-refractivity contribution in [2.75, 3.05) is 27.3 Å². The summed E-state index contributed by atoms with van der Waals surface area (Å²) < 4.78 is 12.6. The molecule has 2 rings (SSSR count). The van der Waals surface area contributed by atoms with Gasteiger partial charge in [-0.25, -0.2) is 0 Å². The number of benzene rings is 1. The minimum Gasteiger partial charge on any atom is -0.497 e. The molecule has 0 unspecified atom stereocenters. The molecular weight excluding hydrogens is 330 g/mol. The summed E-state index contributed by atoms with van der Waals surface area (Å²) in [5.41, 5.74) is 2.23. The highest BCUT2D eigenvalue weighted by Crippen LogP contribution is 2.34. The molecule has 6 nitrogen and oxygen atoms in total. The van der Waals surface area contributed by atoms with Crippen molar-refractivity contribution < 1.29 is 14.3 Å². The number of methoxy groups -OCH3 is 2. The Hall–Kier alpha value is -2.50. The fraction of sp³-hybridized carbons (Fsp3) is 0.500. The van der Waals surface area contributed by atoms with Gasteiger partial charge in [0.15, 0.2) is 5.69 Å². The fourth-order valence-corrected chi connectivity index (χ4v) is 3.01. The number of hydrogen-bond acceptors (Lipinski definition) is 4. The molecule has 0 fully saturated rings. The first-order valence-electron chi connectivity index (χ1n) is 9.19. The lowest BCUT2D eigenvalue weighted by atomic mass is 10.1. The summed E-state index contributed by atoms with van der Waals surface area (Å²) >= 11 is 0. The van der Waals surface area contributed by atoms with E-state index in [2.05, 4.69) is 18.9 Å². The number of carbonyl (C=O) groups excluding carboxylic acids is 1. The molecule has 0 aliphatic carbocycles. The number of ether oxygens (including phenoxy) is 2. The van der Waals surface area contributed by atoms with Crippen LogP contribution in [-0.2, 0) is 6.54 Å². The van der Waals surface area contributed by atoms with Gasteiger partial charge in [0, 0.05) is 31.3 Å². The van der Waals surface area contributed by atoms with Crippen molar-refractivity contribution in [3.05, 3.63) is 30.0 Å². The summed E-state index contributed by atoms with van der Waals surface area (Å²) in [6.45, 7) is 8.32. The molecule has 1 aromatic carbocycles. The van der Waals surface area contributed by atoms with Crippen molar-refractivity contribution in [3.63, 3.8) is 0 Å². The molecule has 0 N–H and O–H groups in total. The number of nitrogens with zero attached hydrogens (tertiary/aromatic N) is 3. The third-order valence-electron chi connectivity index (χ3n) is 4.26. The Morgan fingerprint density at radius 3 is 2.31 bits per heavy atom. The minimum absolute atomic E-state index is 0.0189. The van der Waals surface area contributed by atoms with Crippen molar-refractivity contribution in [2.24, 2.45) is 0 Å². The molecule has 6 heteroatoms. The van der Waals surface area contributed by atoms with Gasteiger partial charge in [-0.3, -0.25) is 9.48 Å². The number of carbonyl (C=O) groups is 1. The second-order valence-electron chi connectivity index (χ2n) is 6.09. The van der Waals surface area contributed by atoms with E-state index >= 15 is 0 Å². The van der Waals surface area contributed by atoms with Crippen LogP contribution in [0.3, 0.4) is 0 Å². The summed E-state index contributed by atoms with van der Waals surface area (Å²) in [5, 5.41) is 4.55. The van der Waals surface area contributed by atoms with Gasteiger partial charge in [0.1, 0.15) is 11.5 Å². The average molecular weight is 359 g/mol. The van der Waals surface area contributed by atoms with Crippen LogP contribution in [-0.4, -0.2) is 47.9 Å². The largest absolute Gasteiger partial charge is 0.497 e. The molecule has 1 amide bonds. The zero-order chi connectivity index (χ0) is 19.1. The van der Waals surface area contributed by atoms with Crippen LogP contribution in [0.2, 0.25) is 0 Å². The quantitative estimate of drug-likeness (QED) is 0.682. The maximum absolute atomic E-state index is 12.9. The number of rotatable bonds is 9. The van der Waals surface area contributed by atoms with Crippen molar-refractivity contribution in [1.82, 2.24) is 14.7 Å². The van der Waals surface area contributed by atoms with Crippen LogP contribution < -0.4 is 9.47 Å². The molecule has 0 saturated heterocycles. The molecule has 0 aliphatic rings. The molecule has 2 aromatic rings. The van der Waals surface area contributed by atoms with Gasteiger partial charge in [-0.2, -0.15) is 5.10 Å². The van der Waals surface area contributed by atoms with E-state index in [0.29, 0.717) is 18.0 Å². The summed E-state index contributed by atoms with van der Waals surface area (Å²) in [6, 6.07) is 7.51. The summed E-state index contributed by atoms with van der Waals surface area (Å²) in [6.07, 6.45) is 1.86. The van der Waals surface area contributed by atoms with Gasteiger partial charge < -0.3 is 14.4 Å². The van der Waals surface area contributed by atoms with Crippen LogP contribution in [0.15, 0.2) is 24.3 Å². The minimum atomic E-state index is -0.0189.